The summed E-state index contributed by atoms with van der Waals surface area (Å²) in [4.78, 5) is 72.6. The minimum Gasteiger partial charge on any atom is -0.460 e. The van der Waals surface area contributed by atoms with Gasteiger partial charge in [0.1, 0.15) is 36.2 Å². The van der Waals surface area contributed by atoms with Gasteiger partial charge in [-0.3, -0.25) is 19.2 Å². The third-order valence-electron chi connectivity index (χ3n) is 16.0. The van der Waals surface area contributed by atoms with Crippen molar-refractivity contribution >= 4 is 29.2 Å². The van der Waals surface area contributed by atoms with Gasteiger partial charge in [0.05, 0.1) is 37.6 Å². The summed E-state index contributed by atoms with van der Waals surface area (Å²) in [6.45, 7) is 17.4. The summed E-state index contributed by atoms with van der Waals surface area (Å²) in [6.07, 6.45) is 11.9. The Morgan fingerprint density at radius 3 is 2.25 bits per heavy atom. The maximum Gasteiger partial charge on any atom is 0.329 e. The number of esters is 1. The molecule has 0 aromatic heterocycles. The standard InChI is InChI=1S/C57H89NO15/c1-34-18-14-13-15-19-35(2)47(66-10)30-42-23-21-40(7)57(65,73-42)53(62)54(63)58-25-17-16-20-44(58)55(64)71-48(31-45(59)36(3)27-39(6)51(61)52(68-12)50(60)38(5)26-34)37(4)28-41-22-24-46(49(29-41)67-11)69-32-43-33-70-56(8,9)72-43/h13-15,18-19,27,34,36-38,40-44,46-49,51-52,61,65H,16-17,20-26,28-33H2,1-12H3/b15-13+,18-14+,35-19+,39-27+/t34-,36-,37-,38-,40-,41-,42+,43+,44+,46-,47+,48+,49-,51-,52+,57-/m1/s1. The van der Waals surface area contributed by atoms with Crippen LogP contribution in [0.3, 0.4) is 0 Å². The molecule has 1 aliphatic carbocycles. The lowest BCUT2D eigenvalue weighted by Crippen LogP contribution is -2.61. The Morgan fingerprint density at radius 2 is 1.58 bits per heavy atom. The number of aliphatic hydroxyl groups excluding tert-OH is 1. The molecule has 412 valence electrons. The number of fused-ring (bicyclic) bond motifs is 3. The normalized spacial score (nSPS) is 40.1. The minimum atomic E-state index is -2.44. The van der Waals surface area contributed by atoms with Crippen molar-refractivity contribution in [2.24, 2.45) is 35.5 Å². The van der Waals surface area contributed by atoms with Crippen molar-refractivity contribution in [3.63, 3.8) is 0 Å². The zero-order chi connectivity index (χ0) is 53.8. The lowest BCUT2D eigenvalue weighted by atomic mass is 9.78. The summed E-state index contributed by atoms with van der Waals surface area (Å²) in [7, 11) is 4.64. The molecule has 0 spiro atoms. The van der Waals surface area contributed by atoms with E-state index in [2.05, 4.69) is 0 Å². The molecule has 3 saturated heterocycles. The highest BCUT2D eigenvalue weighted by atomic mass is 16.7. The van der Waals surface area contributed by atoms with E-state index in [1.54, 1.807) is 41.1 Å². The molecule has 4 aliphatic heterocycles. The molecule has 5 aliphatic rings. The Bertz CT molecular complexity index is 2000. The highest BCUT2D eigenvalue weighted by Crippen LogP contribution is 2.38. The van der Waals surface area contributed by atoms with Gasteiger partial charge in [-0.2, -0.15) is 0 Å². The van der Waals surface area contributed by atoms with E-state index in [1.807, 2.05) is 71.9 Å². The molecule has 0 aromatic rings. The number of nitrogens with zero attached hydrogens (tertiary/aromatic N) is 1. The molecule has 0 unspecified atom stereocenters. The minimum absolute atomic E-state index is 0.0147. The third-order valence-corrected chi connectivity index (χ3v) is 16.0. The quantitative estimate of drug-likeness (QED) is 0.132. The van der Waals surface area contributed by atoms with E-state index in [1.165, 1.54) is 12.0 Å². The fraction of sp³-hybridized carbons (Fsp3) is 0.772. The van der Waals surface area contributed by atoms with Crippen LogP contribution in [-0.4, -0.2) is 152 Å². The molecule has 16 nitrogen and oxygen atoms in total. The predicted octanol–water partition coefficient (Wildman–Crippen LogP) is 7.36. The van der Waals surface area contributed by atoms with E-state index in [0.717, 1.165) is 18.4 Å². The topological polar surface area (TPSA) is 203 Å². The van der Waals surface area contributed by atoms with Gasteiger partial charge in [-0.1, -0.05) is 71.1 Å². The molecule has 1 amide bonds. The van der Waals surface area contributed by atoms with E-state index < -0.39 is 83.5 Å². The number of ether oxygens (including phenoxy) is 8. The number of hydrogen-bond donors (Lipinski definition) is 2. The van der Waals surface area contributed by atoms with Gasteiger partial charge in [-0.25, -0.2) is 4.79 Å². The first kappa shape index (κ1) is 60.4. The molecule has 16 atom stereocenters. The van der Waals surface area contributed by atoms with Crippen LogP contribution in [0.2, 0.25) is 0 Å². The Balaban J connectivity index is 1.43. The SMILES string of the molecule is CO[C@H]1C[C@@H]2CC[C@@H](C)[C@@](O)(O2)C(=O)C(=O)N2CCCC[C@H]2C(=O)O[C@H]([C@H](C)C[C@H]2CC[C@@H](OC[C@H]3COC(C)(C)O3)[C@H](OC)C2)CC(=O)[C@H](C)/C=C(\C)[C@@H](O)[C@@H](OC)C(=O)[C@H](C)C[C@H](C)/C=C/C=C/C=C/1C. The van der Waals surface area contributed by atoms with Crippen LogP contribution in [0.5, 0.6) is 0 Å². The summed E-state index contributed by atoms with van der Waals surface area (Å²) in [5.74, 6) is -8.61. The average molecular weight is 1030 g/mol. The lowest BCUT2D eigenvalue weighted by Gasteiger charge is -2.42. The number of methoxy groups -OCH3 is 3. The van der Waals surface area contributed by atoms with Gasteiger partial charge >= 0.3 is 5.97 Å². The van der Waals surface area contributed by atoms with Crippen LogP contribution in [0.25, 0.3) is 0 Å². The van der Waals surface area contributed by atoms with Gasteiger partial charge < -0.3 is 53.0 Å². The monoisotopic (exact) mass is 1030 g/mol. The number of piperidine rings is 1. The van der Waals surface area contributed by atoms with Gasteiger partial charge in [0.2, 0.25) is 5.79 Å². The molecule has 16 heteroatoms. The molecule has 4 fully saturated rings. The second-order valence-electron chi connectivity index (χ2n) is 22.3. The second kappa shape index (κ2) is 27.6. The molecular formula is C57H89NO15. The van der Waals surface area contributed by atoms with Gasteiger partial charge in [0, 0.05) is 58.5 Å². The zero-order valence-electron chi connectivity index (χ0n) is 45.9. The second-order valence-corrected chi connectivity index (χ2v) is 22.3. The lowest BCUT2D eigenvalue weighted by molar-refractivity contribution is -0.265. The van der Waals surface area contributed by atoms with E-state index in [4.69, 9.17) is 37.9 Å². The van der Waals surface area contributed by atoms with Crippen LogP contribution >= 0.6 is 0 Å². The molecule has 73 heavy (non-hydrogen) atoms. The van der Waals surface area contributed by atoms with Crippen LogP contribution < -0.4 is 0 Å². The first-order chi connectivity index (χ1) is 34.5. The van der Waals surface area contributed by atoms with Crippen molar-refractivity contribution in [3.8, 4) is 0 Å². The number of allylic oxidation sites excluding steroid dienone is 6. The summed E-state index contributed by atoms with van der Waals surface area (Å²) < 4.78 is 48.0. The Morgan fingerprint density at radius 1 is 0.836 bits per heavy atom. The molecule has 0 radical (unpaired) electrons. The largest absolute Gasteiger partial charge is 0.460 e. The molecule has 0 aromatic carbocycles. The number of carbonyl (C=O) groups excluding carboxylic acids is 5. The van der Waals surface area contributed by atoms with Crippen molar-refractivity contribution in [2.75, 3.05) is 41.1 Å². The Labute approximate surface area is 434 Å². The Hall–Kier alpha value is -3.45. The van der Waals surface area contributed by atoms with Crippen LogP contribution in [-0.2, 0) is 61.9 Å². The third kappa shape index (κ3) is 16.3. The maximum absolute atomic E-state index is 14.6. The number of hydrogen-bond acceptors (Lipinski definition) is 15. The van der Waals surface area contributed by atoms with Crippen LogP contribution in [0.15, 0.2) is 47.6 Å². The van der Waals surface area contributed by atoms with E-state index in [-0.39, 0.29) is 67.0 Å². The predicted molar refractivity (Wildman–Crippen MR) is 274 cm³/mol. The van der Waals surface area contributed by atoms with Crippen molar-refractivity contribution < 1.29 is 72.1 Å². The fourth-order valence-electron chi connectivity index (χ4n) is 11.4. The number of Topliss-reactive ketones (excluding diaryl/α,β-unsaturated/α-hetero) is 3. The smallest absolute Gasteiger partial charge is 0.329 e. The highest BCUT2D eigenvalue weighted by Gasteiger charge is 2.53. The summed E-state index contributed by atoms with van der Waals surface area (Å²) >= 11 is 0. The van der Waals surface area contributed by atoms with Crippen LogP contribution in [0, 0.1) is 35.5 Å². The van der Waals surface area contributed by atoms with Gasteiger partial charge in [-0.15, -0.1) is 0 Å². The maximum atomic E-state index is 14.6. The fourth-order valence-corrected chi connectivity index (χ4v) is 11.4. The number of carbonyl (C=O) groups is 5. The molecule has 2 bridgehead atoms. The Kier molecular flexibility index (Phi) is 22.8. The van der Waals surface area contributed by atoms with Gasteiger partial charge in [0.25, 0.3) is 11.7 Å². The number of cyclic esters (lactones) is 1. The van der Waals surface area contributed by atoms with Crippen LogP contribution in [0.4, 0.5) is 0 Å². The average Bonchev–Trinajstić information content (AvgIpc) is 3.72. The van der Waals surface area contributed by atoms with Crippen molar-refractivity contribution in [1.82, 2.24) is 4.90 Å². The van der Waals surface area contributed by atoms with Crippen molar-refractivity contribution in [2.45, 2.75) is 206 Å². The van der Waals surface area contributed by atoms with Crippen LogP contribution in [0.1, 0.15) is 139 Å². The van der Waals surface area contributed by atoms with Crippen molar-refractivity contribution in [1.29, 1.82) is 0 Å². The first-order valence-electron chi connectivity index (χ1n) is 26.9. The first-order valence-corrected chi connectivity index (χ1v) is 26.9. The molecular weight excluding hydrogens is 939 g/mol. The molecule has 1 saturated carbocycles. The van der Waals surface area contributed by atoms with E-state index >= 15 is 0 Å². The molecule has 2 N–H and O–H groups in total. The summed E-state index contributed by atoms with van der Waals surface area (Å²) in [5.41, 5.74) is 1.27. The van der Waals surface area contributed by atoms with E-state index in [0.29, 0.717) is 70.2 Å². The van der Waals surface area contributed by atoms with Crippen molar-refractivity contribution in [3.05, 3.63) is 47.6 Å². The summed E-state index contributed by atoms with van der Waals surface area (Å²) in [6, 6.07) is -1.15. The van der Waals surface area contributed by atoms with Gasteiger partial charge in [0.15, 0.2) is 11.6 Å². The zero-order valence-corrected chi connectivity index (χ0v) is 45.9. The number of aliphatic hydroxyl groups is 2. The van der Waals surface area contributed by atoms with E-state index in [9.17, 15) is 34.2 Å². The number of rotatable bonds is 9. The molecule has 4 heterocycles. The molecule has 5 rings (SSSR count). The summed E-state index contributed by atoms with van der Waals surface area (Å²) in [5, 5.41) is 23.6. The van der Waals surface area contributed by atoms with Gasteiger partial charge in [-0.05, 0) is 121 Å². The number of ketones is 3. The number of amides is 1. The highest BCUT2D eigenvalue weighted by molar-refractivity contribution is 6.39.